The van der Waals surface area contributed by atoms with E-state index in [-0.39, 0.29) is 0 Å². The van der Waals surface area contributed by atoms with Crippen molar-refractivity contribution in [1.82, 2.24) is 0 Å². The Labute approximate surface area is 75.9 Å². The zero-order valence-electron chi connectivity index (χ0n) is 6.77. The zero-order valence-corrected chi connectivity index (χ0v) is 8.36. The van der Waals surface area contributed by atoms with E-state index in [2.05, 4.69) is 15.9 Å². The van der Waals surface area contributed by atoms with Crippen LogP contribution in [0.15, 0.2) is 10.2 Å². The van der Waals surface area contributed by atoms with Gasteiger partial charge in [0.15, 0.2) is 0 Å². The maximum absolute atomic E-state index is 5.37. The summed E-state index contributed by atoms with van der Waals surface area (Å²) in [5, 5.41) is 0. The monoisotopic (exact) mass is 216 g/mol. The van der Waals surface area contributed by atoms with Crippen LogP contribution in [0.25, 0.3) is 0 Å². The molecule has 0 aromatic heterocycles. The molecule has 2 heteroatoms. The van der Waals surface area contributed by atoms with Gasteiger partial charge in [-0.2, -0.15) is 0 Å². The predicted molar refractivity (Wildman–Crippen MR) is 48.4 cm³/mol. The molecule has 0 amide bonds. The van der Waals surface area contributed by atoms with E-state index in [0.29, 0.717) is 0 Å². The Morgan fingerprint density at radius 1 is 1.36 bits per heavy atom. The first-order valence-corrected chi connectivity index (χ1v) is 5.05. The topological polar surface area (TPSA) is 9.23 Å². The first-order valence-electron chi connectivity index (χ1n) is 4.26. The number of ether oxygens (including phenoxy) is 1. The maximum atomic E-state index is 5.37. The minimum Gasteiger partial charge on any atom is -0.500 e. The average Bonchev–Trinajstić information content (AvgIpc) is 2.25. The van der Waals surface area contributed by atoms with Gasteiger partial charge in [0, 0.05) is 10.4 Å². The van der Waals surface area contributed by atoms with Gasteiger partial charge in [0.05, 0.1) is 7.11 Å². The highest BCUT2D eigenvalue weighted by Gasteiger charge is 2.36. The van der Waals surface area contributed by atoms with Crippen LogP contribution in [-0.2, 0) is 4.74 Å². The Morgan fingerprint density at radius 3 is 2.73 bits per heavy atom. The van der Waals surface area contributed by atoms with Crippen LogP contribution >= 0.6 is 15.9 Å². The van der Waals surface area contributed by atoms with Crippen LogP contribution in [0.1, 0.15) is 25.7 Å². The van der Waals surface area contributed by atoms with E-state index in [1.165, 1.54) is 35.9 Å². The van der Waals surface area contributed by atoms with E-state index >= 15 is 0 Å². The lowest BCUT2D eigenvalue weighted by atomic mass is 9.88. The van der Waals surface area contributed by atoms with Crippen LogP contribution in [0.3, 0.4) is 0 Å². The number of hydrogen-bond acceptors (Lipinski definition) is 1. The quantitative estimate of drug-likeness (QED) is 0.655. The molecule has 2 bridgehead atoms. The average molecular weight is 217 g/mol. The molecule has 62 valence electrons. The Bertz CT molecular complexity index is 198. The molecule has 0 radical (unpaired) electrons. The van der Waals surface area contributed by atoms with E-state index in [1.54, 1.807) is 7.11 Å². The summed E-state index contributed by atoms with van der Waals surface area (Å²) in [6, 6.07) is 0. The molecule has 11 heavy (non-hydrogen) atoms. The molecule has 2 aliphatic rings. The summed E-state index contributed by atoms with van der Waals surface area (Å²) in [5.41, 5.74) is 0. The molecule has 0 aromatic rings. The van der Waals surface area contributed by atoms with Gasteiger partial charge in [-0.1, -0.05) is 22.4 Å². The van der Waals surface area contributed by atoms with E-state index in [9.17, 15) is 0 Å². The van der Waals surface area contributed by atoms with Gasteiger partial charge in [-0.25, -0.2) is 0 Å². The first-order chi connectivity index (χ1) is 5.33. The van der Waals surface area contributed by atoms with Crippen molar-refractivity contribution in [2.75, 3.05) is 7.11 Å². The summed E-state index contributed by atoms with van der Waals surface area (Å²) >= 11 is 3.63. The van der Waals surface area contributed by atoms with Crippen molar-refractivity contribution < 1.29 is 4.74 Å². The highest BCUT2D eigenvalue weighted by atomic mass is 79.9. The number of fused-ring (bicyclic) bond motifs is 2. The highest BCUT2D eigenvalue weighted by Crippen LogP contribution is 2.48. The van der Waals surface area contributed by atoms with Gasteiger partial charge in [-0.05, 0) is 25.2 Å². The molecule has 2 atom stereocenters. The van der Waals surface area contributed by atoms with Gasteiger partial charge in [-0.3, -0.25) is 0 Å². The van der Waals surface area contributed by atoms with Crippen LogP contribution in [-0.4, -0.2) is 7.11 Å². The highest BCUT2D eigenvalue weighted by molar-refractivity contribution is 9.11. The fourth-order valence-corrected chi connectivity index (χ4v) is 3.22. The molecule has 2 rings (SSSR count). The number of hydrogen-bond donors (Lipinski definition) is 0. The SMILES string of the molecule is COC1=C(Br)C2CCCC1C2. The van der Waals surface area contributed by atoms with E-state index in [0.717, 1.165) is 11.8 Å². The van der Waals surface area contributed by atoms with Crippen molar-refractivity contribution in [3.05, 3.63) is 10.2 Å². The van der Waals surface area contributed by atoms with Crippen molar-refractivity contribution in [2.24, 2.45) is 11.8 Å². The number of methoxy groups -OCH3 is 1. The van der Waals surface area contributed by atoms with Gasteiger partial charge < -0.3 is 4.74 Å². The van der Waals surface area contributed by atoms with Crippen molar-refractivity contribution in [1.29, 1.82) is 0 Å². The third kappa shape index (κ3) is 1.12. The Hall–Kier alpha value is 0.0200. The zero-order chi connectivity index (χ0) is 7.84. The number of allylic oxidation sites excluding steroid dienone is 2. The lowest BCUT2D eigenvalue weighted by Gasteiger charge is -2.19. The second-order valence-electron chi connectivity index (χ2n) is 3.48. The molecule has 0 saturated heterocycles. The lowest BCUT2D eigenvalue weighted by molar-refractivity contribution is 0.228. The Morgan fingerprint density at radius 2 is 2.09 bits per heavy atom. The van der Waals surface area contributed by atoms with Gasteiger partial charge in [0.2, 0.25) is 0 Å². The fourth-order valence-electron chi connectivity index (χ4n) is 2.32. The van der Waals surface area contributed by atoms with Crippen LogP contribution in [0.4, 0.5) is 0 Å². The summed E-state index contributed by atoms with van der Waals surface area (Å²) in [5.74, 6) is 2.74. The summed E-state index contributed by atoms with van der Waals surface area (Å²) < 4.78 is 6.72. The van der Waals surface area contributed by atoms with Crippen LogP contribution in [0.2, 0.25) is 0 Å². The maximum Gasteiger partial charge on any atom is 0.109 e. The second kappa shape index (κ2) is 2.81. The van der Waals surface area contributed by atoms with Crippen molar-refractivity contribution in [2.45, 2.75) is 25.7 Å². The first kappa shape index (κ1) is 7.66. The van der Waals surface area contributed by atoms with Crippen LogP contribution in [0, 0.1) is 11.8 Å². The molecule has 0 aromatic carbocycles. The summed E-state index contributed by atoms with van der Waals surface area (Å²) in [4.78, 5) is 0. The summed E-state index contributed by atoms with van der Waals surface area (Å²) in [6.07, 6.45) is 5.37. The van der Waals surface area contributed by atoms with E-state index < -0.39 is 0 Å². The van der Waals surface area contributed by atoms with E-state index in [1.807, 2.05) is 0 Å². The smallest absolute Gasteiger partial charge is 0.109 e. The second-order valence-corrected chi connectivity index (χ2v) is 4.33. The van der Waals surface area contributed by atoms with Crippen molar-refractivity contribution in [3.8, 4) is 0 Å². The normalized spacial score (nSPS) is 36.2. The lowest BCUT2D eigenvalue weighted by Crippen LogP contribution is -2.08. The van der Waals surface area contributed by atoms with Crippen molar-refractivity contribution >= 4 is 15.9 Å². The fraction of sp³-hybridized carbons (Fsp3) is 0.778. The molecule has 0 heterocycles. The molecule has 1 nitrogen and oxygen atoms in total. The molecule has 0 spiro atoms. The molecule has 0 N–H and O–H groups in total. The summed E-state index contributed by atoms with van der Waals surface area (Å²) in [7, 11) is 1.79. The van der Waals surface area contributed by atoms with Crippen LogP contribution < -0.4 is 0 Å². The number of rotatable bonds is 1. The molecule has 0 aliphatic heterocycles. The minimum absolute atomic E-state index is 0.730. The van der Waals surface area contributed by atoms with Gasteiger partial charge in [-0.15, -0.1) is 0 Å². The molecule has 1 fully saturated rings. The largest absolute Gasteiger partial charge is 0.500 e. The van der Waals surface area contributed by atoms with Crippen molar-refractivity contribution in [3.63, 3.8) is 0 Å². The number of halogens is 1. The Balaban J connectivity index is 2.25. The molecular formula is C9H13BrO. The molecular weight excluding hydrogens is 204 g/mol. The predicted octanol–water partition coefficient (Wildman–Crippen LogP) is 3.06. The van der Waals surface area contributed by atoms with Crippen LogP contribution in [0.5, 0.6) is 0 Å². The van der Waals surface area contributed by atoms with Gasteiger partial charge >= 0.3 is 0 Å². The third-order valence-corrected chi connectivity index (χ3v) is 3.90. The van der Waals surface area contributed by atoms with Gasteiger partial charge in [0.25, 0.3) is 0 Å². The molecule has 1 saturated carbocycles. The third-order valence-electron chi connectivity index (χ3n) is 2.86. The summed E-state index contributed by atoms with van der Waals surface area (Å²) in [6.45, 7) is 0. The Kier molecular flexibility index (Phi) is 1.96. The molecule has 2 unspecified atom stereocenters. The van der Waals surface area contributed by atoms with E-state index in [4.69, 9.17) is 4.74 Å². The van der Waals surface area contributed by atoms with Gasteiger partial charge in [0.1, 0.15) is 5.76 Å². The standard InChI is InChI=1S/C9H13BrO/c1-11-9-7-4-2-3-6(5-7)8(9)10/h6-7H,2-5H2,1H3. The molecule has 2 aliphatic carbocycles. The minimum atomic E-state index is 0.730.